The zero-order valence-electron chi connectivity index (χ0n) is 15.5. The maximum absolute atomic E-state index is 12.4. The van der Waals surface area contributed by atoms with Gasteiger partial charge in [0, 0.05) is 37.2 Å². The summed E-state index contributed by atoms with van der Waals surface area (Å²) in [6.45, 7) is 4.79. The summed E-state index contributed by atoms with van der Waals surface area (Å²) in [4.78, 5) is 25.8. The van der Waals surface area contributed by atoms with Crippen molar-refractivity contribution < 1.29 is 14.3 Å². The van der Waals surface area contributed by atoms with Crippen LogP contribution in [-0.2, 0) is 22.7 Å². The van der Waals surface area contributed by atoms with Crippen molar-refractivity contribution in [3.8, 4) is 17.0 Å². The number of nitrogens with one attached hydrogen (secondary N) is 1. The van der Waals surface area contributed by atoms with Gasteiger partial charge in [-0.3, -0.25) is 14.3 Å². The molecule has 1 saturated heterocycles. The van der Waals surface area contributed by atoms with Gasteiger partial charge in [0.2, 0.25) is 11.8 Å². The number of ether oxygens (including phenoxy) is 1. The van der Waals surface area contributed by atoms with Gasteiger partial charge in [0.25, 0.3) is 0 Å². The van der Waals surface area contributed by atoms with Crippen LogP contribution in [0.2, 0.25) is 0 Å². The topological polar surface area (TPSA) is 76.5 Å². The van der Waals surface area contributed by atoms with Gasteiger partial charge in [0.05, 0.1) is 11.9 Å². The van der Waals surface area contributed by atoms with Crippen LogP contribution in [0.25, 0.3) is 11.3 Å². The summed E-state index contributed by atoms with van der Waals surface area (Å²) in [6.07, 6.45) is 4.14. The van der Waals surface area contributed by atoms with Crippen molar-refractivity contribution in [3.05, 3.63) is 35.5 Å². The summed E-state index contributed by atoms with van der Waals surface area (Å²) in [7, 11) is 0. The number of hydrogen-bond donors (Lipinski definition) is 1. The molecular weight excluding hydrogens is 344 g/mol. The molecular formula is C20H24N4O3. The first kappa shape index (κ1) is 17.6. The van der Waals surface area contributed by atoms with E-state index in [9.17, 15) is 9.59 Å². The maximum Gasteiger partial charge on any atom is 0.241 e. The molecule has 1 fully saturated rings. The predicted molar refractivity (Wildman–Crippen MR) is 100 cm³/mol. The molecule has 0 radical (unpaired) electrons. The van der Waals surface area contributed by atoms with E-state index < -0.39 is 0 Å². The highest BCUT2D eigenvalue weighted by Gasteiger charge is 2.23. The molecule has 0 spiro atoms. The molecule has 3 heterocycles. The van der Waals surface area contributed by atoms with Crippen molar-refractivity contribution in [3.63, 3.8) is 0 Å². The molecule has 0 bridgehead atoms. The number of carbonyl (C=O) groups is 2. The molecule has 142 valence electrons. The standard InChI is InChI=1S/C20H24N4O3/c1-14-5-6-17-16(10-14)20-15(13-27-17)11-22-24(20)12-18(25)21-7-3-9-23-8-2-4-19(23)26/h5-6,10-11H,2-4,7-9,12-13H2,1H3,(H,21,25). The van der Waals surface area contributed by atoms with E-state index in [1.54, 1.807) is 10.9 Å². The first-order valence-electron chi connectivity index (χ1n) is 9.45. The van der Waals surface area contributed by atoms with Crippen molar-refractivity contribution in [2.24, 2.45) is 0 Å². The number of benzene rings is 1. The summed E-state index contributed by atoms with van der Waals surface area (Å²) in [6, 6.07) is 6.05. The van der Waals surface area contributed by atoms with Gasteiger partial charge in [-0.15, -0.1) is 0 Å². The van der Waals surface area contributed by atoms with E-state index in [2.05, 4.69) is 16.5 Å². The summed E-state index contributed by atoms with van der Waals surface area (Å²) >= 11 is 0. The molecule has 27 heavy (non-hydrogen) atoms. The van der Waals surface area contributed by atoms with E-state index in [1.165, 1.54) is 0 Å². The van der Waals surface area contributed by atoms with E-state index in [1.807, 2.05) is 24.0 Å². The quantitative estimate of drug-likeness (QED) is 0.790. The van der Waals surface area contributed by atoms with Crippen LogP contribution >= 0.6 is 0 Å². The molecule has 7 heteroatoms. The number of rotatable bonds is 6. The van der Waals surface area contributed by atoms with Gasteiger partial charge in [-0.25, -0.2) is 0 Å². The molecule has 0 unspecified atom stereocenters. The SMILES string of the molecule is Cc1ccc2c(c1)-c1c(cnn1CC(=O)NCCCN1CCCC1=O)CO2. The van der Waals surface area contributed by atoms with E-state index in [0.717, 1.165) is 47.5 Å². The van der Waals surface area contributed by atoms with Crippen LogP contribution in [0.1, 0.15) is 30.4 Å². The second-order valence-electron chi connectivity index (χ2n) is 7.15. The lowest BCUT2D eigenvalue weighted by Crippen LogP contribution is -2.32. The third-order valence-corrected chi connectivity index (χ3v) is 5.08. The van der Waals surface area contributed by atoms with E-state index in [4.69, 9.17) is 4.74 Å². The number of carbonyl (C=O) groups excluding carboxylic acids is 2. The van der Waals surface area contributed by atoms with Crippen LogP contribution in [0.5, 0.6) is 5.75 Å². The summed E-state index contributed by atoms with van der Waals surface area (Å²) in [5, 5.41) is 7.32. The number of fused-ring (bicyclic) bond motifs is 3. The first-order valence-corrected chi connectivity index (χ1v) is 9.45. The average molecular weight is 368 g/mol. The largest absolute Gasteiger partial charge is 0.488 e. The summed E-state index contributed by atoms with van der Waals surface area (Å²) in [5.74, 6) is 0.973. The molecule has 1 aromatic heterocycles. The molecule has 1 N–H and O–H groups in total. The van der Waals surface area contributed by atoms with Crippen molar-refractivity contribution in [1.82, 2.24) is 20.0 Å². The minimum absolute atomic E-state index is 0.0747. The van der Waals surface area contributed by atoms with E-state index >= 15 is 0 Å². The third kappa shape index (κ3) is 3.67. The Labute approximate surface area is 158 Å². The number of hydrogen-bond acceptors (Lipinski definition) is 4. The van der Waals surface area contributed by atoms with Crippen LogP contribution in [0.15, 0.2) is 24.4 Å². The number of nitrogens with zero attached hydrogens (tertiary/aromatic N) is 3. The lowest BCUT2D eigenvalue weighted by atomic mass is 10.0. The first-order chi connectivity index (χ1) is 13.1. The second kappa shape index (κ2) is 7.42. The molecule has 0 atom stereocenters. The van der Waals surface area contributed by atoms with Gasteiger partial charge in [0.15, 0.2) is 0 Å². The highest BCUT2D eigenvalue weighted by atomic mass is 16.5. The van der Waals surface area contributed by atoms with Crippen LogP contribution in [-0.4, -0.2) is 46.1 Å². The maximum atomic E-state index is 12.4. The monoisotopic (exact) mass is 368 g/mol. The fourth-order valence-electron chi connectivity index (χ4n) is 3.70. The number of aryl methyl sites for hydroxylation is 1. The zero-order chi connectivity index (χ0) is 18.8. The molecule has 2 aromatic rings. The molecule has 2 aliphatic heterocycles. The number of likely N-dealkylation sites (tertiary alicyclic amines) is 1. The van der Waals surface area contributed by atoms with Crippen molar-refractivity contribution in [2.45, 2.75) is 39.3 Å². The van der Waals surface area contributed by atoms with Gasteiger partial charge in [-0.05, 0) is 31.9 Å². The molecule has 2 amide bonds. The number of aromatic nitrogens is 2. The minimum Gasteiger partial charge on any atom is -0.488 e. The Balaban J connectivity index is 1.36. The Kier molecular flexibility index (Phi) is 4.83. The van der Waals surface area contributed by atoms with Crippen LogP contribution in [0.4, 0.5) is 0 Å². The van der Waals surface area contributed by atoms with Crippen LogP contribution in [0.3, 0.4) is 0 Å². The van der Waals surface area contributed by atoms with Crippen molar-refractivity contribution in [2.75, 3.05) is 19.6 Å². The second-order valence-corrected chi connectivity index (χ2v) is 7.15. The molecule has 0 aliphatic carbocycles. The Bertz CT molecular complexity index is 874. The summed E-state index contributed by atoms with van der Waals surface area (Å²) in [5.41, 5.74) is 4.07. The van der Waals surface area contributed by atoms with E-state index in [0.29, 0.717) is 26.1 Å². The van der Waals surface area contributed by atoms with Gasteiger partial charge in [-0.2, -0.15) is 5.10 Å². The highest BCUT2D eigenvalue weighted by Crippen LogP contribution is 2.37. The molecule has 1 aromatic carbocycles. The van der Waals surface area contributed by atoms with Gasteiger partial charge < -0.3 is 15.0 Å². The Morgan fingerprint density at radius 1 is 1.37 bits per heavy atom. The lowest BCUT2D eigenvalue weighted by molar-refractivity contribution is -0.127. The van der Waals surface area contributed by atoms with Crippen molar-refractivity contribution >= 4 is 11.8 Å². The van der Waals surface area contributed by atoms with Crippen LogP contribution in [0, 0.1) is 6.92 Å². The Morgan fingerprint density at radius 2 is 2.26 bits per heavy atom. The molecule has 0 saturated carbocycles. The normalized spacial score (nSPS) is 15.3. The Morgan fingerprint density at radius 3 is 3.07 bits per heavy atom. The van der Waals surface area contributed by atoms with Gasteiger partial charge in [0.1, 0.15) is 18.9 Å². The van der Waals surface area contributed by atoms with E-state index in [-0.39, 0.29) is 18.4 Å². The summed E-state index contributed by atoms with van der Waals surface area (Å²) < 4.78 is 7.52. The predicted octanol–water partition coefficient (Wildman–Crippen LogP) is 1.88. The zero-order valence-corrected chi connectivity index (χ0v) is 15.5. The van der Waals surface area contributed by atoms with Crippen molar-refractivity contribution in [1.29, 1.82) is 0 Å². The third-order valence-electron chi connectivity index (χ3n) is 5.08. The molecule has 4 rings (SSSR count). The highest BCUT2D eigenvalue weighted by molar-refractivity contribution is 5.79. The van der Waals surface area contributed by atoms with Gasteiger partial charge in [-0.1, -0.05) is 11.6 Å². The lowest BCUT2D eigenvalue weighted by Gasteiger charge is -2.20. The minimum atomic E-state index is -0.0747. The molecule has 2 aliphatic rings. The molecule has 7 nitrogen and oxygen atoms in total. The fourth-order valence-corrected chi connectivity index (χ4v) is 3.70. The van der Waals surface area contributed by atoms with Crippen LogP contribution < -0.4 is 10.1 Å². The fraction of sp³-hybridized carbons (Fsp3) is 0.450. The average Bonchev–Trinajstić information content (AvgIpc) is 3.25. The van der Waals surface area contributed by atoms with Gasteiger partial charge >= 0.3 is 0 Å². The number of amides is 2. The smallest absolute Gasteiger partial charge is 0.241 e. The Hall–Kier alpha value is -2.83.